The predicted octanol–water partition coefficient (Wildman–Crippen LogP) is 9.06. The van der Waals surface area contributed by atoms with E-state index in [-0.39, 0.29) is 22.1 Å². The predicted molar refractivity (Wildman–Crippen MR) is 198 cm³/mol. The lowest BCUT2D eigenvalue weighted by Gasteiger charge is -2.41. The average molecular weight is 758 g/mol. The van der Waals surface area contributed by atoms with Crippen LogP contribution in [-0.4, -0.2) is 43.7 Å². The van der Waals surface area contributed by atoms with E-state index in [9.17, 15) is 31.1 Å². The Morgan fingerprint density at radius 2 is 1.26 bits per heavy atom. The molecule has 0 radical (unpaired) electrons. The van der Waals surface area contributed by atoms with Gasteiger partial charge in [-0.15, -0.1) is 0 Å². The number of anilines is 1. The van der Waals surface area contributed by atoms with Crippen molar-refractivity contribution in [2.45, 2.75) is 90.2 Å². The van der Waals surface area contributed by atoms with E-state index in [0.29, 0.717) is 18.3 Å². The maximum absolute atomic E-state index is 14.1. The fourth-order valence-electron chi connectivity index (χ4n) is 4.95. The van der Waals surface area contributed by atoms with E-state index in [0.717, 1.165) is 10.6 Å². The number of nitrogens with one attached hydrogen (secondary N) is 3. The molecule has 0 aromatic heterocycles. The molecule has 0 fully saturated rings. The number of thiocarbonyl (C=S) groups is 1. The number of carbonyl (C=O) groups is 1. The maximum Gasteiger partial charge on any atom is 0.416 e. The van der Waals surface area contributed by atoms with Gasteiger partial charge in [-0.2, -0.15) is 26.3 Å². The van der Waals surface area contributed by atoms with Crippen LogP contribution in [0.2, 0.25) is 18.1 Å². The van der Waals surface area contributed by atoms with Crippen molar-refractivity contribution in [3.63, 3.8) is 0 Å². The van der Waals surface area contributed by atoms with Gasteiger partial charge in [0.2, 0.25) is 5.91 Å². The topological polar surface area (TPSA) is 62.4 Å². The Morgan fingerprint density at radius 1 is 0.800 bits per heavy atom. The molecule has 0 heterocycles. The van der Waals surface area contributed by atoms with Crippen LogP contribution in [0.1, 0.15) is 52.7 Å². The molecule has 0 saturated heterocycles. The minimum absolute atomic E-state index is 0.0406. The van der Waals surface area contributed by atoms with Crippen molar-refractivity contribution in [3.8, 4) is 0 Å². The van der Waals surface area contributed by atoms with Gasteiger partial charge in [0, 0.05) is 5.69 Å². The highest BCUT2D eigenvalue weighted by Gasteiger charge is 2.41. The lowest BCUT2D eigenvalue weighted by molar-refractivity contribution is -0.143. The fourth-order valence-corrected chi connectivity index (χ4v) is 9.21. The number of benzene rings is 3. The van der Waals surface area contributed by atoms with Crippen LogP contribution in [0.25, 0.3) is 0 Å². The summed E-state index contributed by atoms with van der Waals surface area (Å²) in [6, 6.07) is 19.7. The van der Waals surface area contributed by atoms with Gasteiger partial charge in [0.1, 0.15) is 6.04 Å². The molecule has 5 nitrogen and oxygen atoms in total. The Kier molecular flexibility index (Phi) is 13.7. The number of alkyl halides is 6. The van der Waals surface area contributed by atoms with Gasteiger partial charge in [0.15, 0.2) is 13.4 Å². The van der Waals surface area contributed by atoms with Crippen LogP contribution < -0.4 is 26.6 Å². The van der Waals surface area contributed by atoms with Crippen molar-refractivity contribution in [1.29, 1.82) is 0 Å². The molecule has 3 atom stereocenters. The van der Waals surface area contributed by atoms with Crippen molar-refractivity contribution in [2.24, 2.45) is 5.92 Å². The van der Waals surface area contributed by atoms with Gasteiger partial charge >= 0.3 is 12.4 Å². The number of halogens is 6. The quantitative estimate of drug-likeness (QED) is 0.0746. The monoisotopic (exact) mass is 757 g/mol. The van der Waals surface area contributed by atoms with Crippen molar-refractivity contribution in [1.82, 2.24) is 10.6 Å². The average Bonchev–Trinajstić information content (AvgIpc) is 3.00. The summed E-state index contributed by atoms with van der Waals surface area (Å²) in [5, 5.41) is 10.3. The Bertz CT molecular complexity index is 1510. The normalized spacial score (nSPS) is 14.6. The van der Waals surface area contributed by atoms with Gasteiger partial charge in [-0.25, -0.2) is 0 Å². The van der Waals surface area contributed by atoms with Crippen LogP contribution in [-0.2, 0) is 21.6 Å². The zero-order valence-corrected chi connectivity index (χ0v) is 32.2. The Hall–Kier alpha value is -2.99. The lowest BCUT2D eigenvalue weighted by Crippen LogP contribution is -2.57. The van der Waals surface area contributed by atoms with Crippen LogP contribution >= 0.6 is 20.1 Å². The molecule has 3 N–H and O–H groups in total. The molecule has 50 heavy (non-hydrogen) atoms. The van der Waals surface area contributed by atoms with Crippen molar-refractivity contribution in [2.75, 3.05) is 11.5 Å². The molecule has 0 aliphatic rings. The highest BCUT2D eigenvalue weighted by atomic mass is 32.1. The van der Waals surface area contributed by atoms with Crippen molar-refractivity contribution < 1.29 is 35.6 Å². The third kappa shape index (κ3) is 11.5. The number of hydrogen-bond donors (Lipinski definition) is 3. The maximum atomic E-state index is 14.1. The minimum atomic E-state index is -5.02. The zero-order chi connectivity index (χ0) is 37.7. The summed E-state index contributed by atoms with van der Waals surface area (Å²) in [4.78, 5) is 14.1. The molecule has 0 saturated carbocycles. The summed E-state index contributed by atoms with van der Waals surface area (Å²) in [7, 11) is -3.25. The molecule has 3 aromatic carbocycles. The molecular formula is C36H46F6N3O2PSSi. The number of amides is 1. The summed E-state index contributed by atoms with van der Waals surface area (Å²) in [6.07, 6.45) is -9.90. The van der Waals surface area contributed by atoms with Gasteiger partial charge in [0.05, 0.1) is 23.3 Å². The van der Waals surface area contributed by atoms with Gasteiger partial charge in [-0.3, -0.25) is 4.79 Å². The Morgan fingerprint density at radius 3 is 1.66 bits per heavy atom. The molecule has 3 rings (SSSR count). The van der Waals surface area contributed by atoms with E-state index in [1.807, 2.05) is 43.3 Å². The molecule has 1 amide bonds. The molecule has 0 unspecified atom stereocenters. The first-order valence-electron chi connectivity index (χ1n) is 16.2. The van der Waals surface area contributed by atoms with Gasteiger partial charge in [0.25, 0.3) is 0 Å². The minimum Gasteiger partial charge on any atom is -0.412 e. The van der Waals surface area contributed by atoms with Crippen molar-refractivity contribution >= 4 is 55.8 Å². The molecular weight excluding hydrogens is 712 g/mol. The fraction of sp³-hybridized carbons (Fsp3) is 0.444. The summed E-state index contributed by atoms with van der Waals surface area (Å²) in [5.74, 6) is -0.806. The molecule has 3 aromatic rings. The van der Waals surface area contributed by atoms with Crippen LogP contribution in [0.3, 0.4) is 0 Å². The number of hydrogen-bond acceptors (Lipinski definition) is 3. The Labute approximate surface area is 298 Å². The third-order valence-electron chi connectivity index (χ3n) is 8.78. The van der Waals surface area contributed by atoms with E-state index in [2.05, 4.69) is 74.1 Å². The molecule has 0 aliphatic heterocycles. The highest BCUT2D eigenvalue weighted by molar-refractivity contribution is 7.80. The van der Waals surface area contributed by atoms with E-state index in [1.165, 1.54) is 0 Å². The van der Waals surface area contributed by atoms with Crippen LogP contribution in [0.5, 0.6) is 0 Å². The molecule has 14 heteroatoms. The van der Waals surface area contributed by atoms with E-state index < -0.39 is 69.5 Å². The summed E-state index contributed by atoms with van der Waals surface area (Å²) in [6.45, 7) is 16.2. The summed E-state index contributed by atoms with van der Waals surface area (Å²) < 4.78 is 87.5. The first-order valence-corrected chi connectivity index (χ1v) is 21.1. The molecule has 0 aliphatic carbocycles. The van der Waals surface area contributed by atoms with Gasteiger partial charge < -0.3 is 20.4 Å². The second kappa shape index (κ2) is 16.6. The molecule has 0 bridgehead atoms. The first kappa shape index (κ1) is 41.4. The largest absolute Gasteiger partial charge is 0.416 e. The van der Waals surface area contributed by atoms with Crippen LogP contribution in [0, 0.1) is 5.92 Å². The second-order valence-corrected chi connectivity index (χ2v) is 21.5. The second-order valence-electron chi connectivity index (χ2n) is 14.1. The molecule has 0 spiro atoms. The van der Waals surface area contributed by atoms with Crippen LogP contribution in [0.4, 0.5) is 32.0 Å². The Balaban J connectivity index is 1.94. The summed E-state index contributed by atoms with van der Waals surface area (Å²) >= 11 is 5.32. The van der Waals surface area contributed by atoms with Gasteiger partial charge in [-0.1, -0.05) is 95.3 Å². The van der Waals surface area contributed by atoms with E-state index in [1.54, 1.807) is 13.8 Å². The SMILES string of the molecule is CC(C)[C@@H](NC(=S)Nc1cc(C(F)(F)F)cc(C(F)(F)F)c1)C(=O)N[C@H](CP(c1ccccc1)c1ccccc1)[C@@H](C)O[Si](C)(C)C(C)(C)C. The molecule has 274 valence electrons. The van der Waals surface area contributed by atoms with Gasteiger partial charge in [-0.05, 0) is 86.1 Å². The van der Waals surface area contributed by atoms with E-state index in [4.69, 9.17) is 16.6 Å². The smallest absolute Gasteiger partial charge is 0.412 e. The number of rotatable bonds is 12. The first-order chi connectivity index (χ1) is 23.0. The van der Waals surface area contributed by atoms with E-state index >= 15 is 0 Å². The van der Waals surface area contributed by atoms with Crippen molar-refractivity contribution in [3.05, 3.63) is 90.0 Å². The lowest BCUT2D eigenvalue weighted by atomic mass is 10.0. The highest BCUT2D eigenvalue weighted by Crippen LogP contribution is 2.40. The van der Waals surface area contributed by atoms with Crippen LogP contribution in [0.15, 0.2) is 78.9 Å². The zero-order valence-electron chi connectivity index (χ0n) is 29.5. The third-order valence-corrected chi connectivity index (χ3v) is 16.2. The number of carbonyl (C=O) groups excluding carboxylic acids is 1. The standard InChI is InChI=1S/C36H46F6N3O2PSSi/c1-23(2)31(45-33(49)43-27-20-25(35(37,38)39)19-26(21-27)36(40,41)42)32(46)44-30(24(3)47-50(7,8)34(4,5)6)22-48(28-15-11-9-12-16-28)29-17-13-10-14-18-29/h9-21,23-24,30-31H,22H2,1-8H3,(H,44,46)(H2,43,45,49)/t24-,30-,31-/m1/s1. The summed E-state index contributed by atoms with van der Waals surface area (Å²) in [5.41, 5.74) is -3.48.